The molecule has 0 unspecified atom stereocenters. The first kappa shape index (κ1) is 8.01. The van der Waals surface area contributed by atoms with E-state index in [1.807, 2.05) is 24.0 Å². The van der Waals surface area contributed by atoms with E-state index in [1.165, 1.54) is 0 Å². The number of hydrogen-bond acceptors (Lipinski definition) is 2. The van der Waals surface area contributed by atoms with E-state index < -0.39 is 0 Å². The highest BCUT2D eigenvalue weighted by molar-refractivity contribution is 8.00. The quantitative estimate of drug-likeness (QED) is 0.510. The van der Waals surface area contributed by atoms with E-state index in [0.717, 1.165) is 12.2 Å². The number of carbonyl (C=O) groups is 1. The fraction of sp³-hybridized carbons (Fsp3) is 0.500. The molecule has 2 rings (SSSR count). The molecule has 10 heavy (non-hydrogen) atoms. The maximum absolute atomic E-state index is 10.7. The third-order valence-electron chi connectivity index (χ3n) is 1.60. The molecule has 2 heterocycles. The summed E-state index contributed by atoms with van der Waals surface area (Å²) < 4.78 is 0. The van der Waals surface area contributed by atoms with Gasteiger partial charge in [0.05, 0.1) is 11.8 Å². The van der Waals surface area contributed by atoms with Gasteiger partial charge in [0.1, 0.15) is 0 Å². The molecular formula is C6H9NOS2. The Bertz CT molecular complexity index is 181. The van der Waals surface area contributed by atoms with Crippen molar-refractivity contribution in [2.75, 3.05) is 5.75 Å². The molecule has 0 aliphatic carbocycles. The van der Waals surface area contributed by atoms with Crippen LogP contribution in [0.5, 0.6) is 0 Å². The Kier molecular flexibility index (Phi) is 2.31. The molecule has 1 saturated heterocycles. The van der Waals surface area contributed by atoms with Gasteiger partial charge in [-0.25, -0.2) is 0 Å². The van der Waals surface area contributed by atoms with Gasteiger partial charge in [0.15, 0.2) is 0 Å². The maximum Gasteiger partial charge on any atom is 0.230 e. The number of rotatable bonds is 0. The predicted molar refractivity (Wildman–Crippen MR) is 47.2 cm³/mol. The molecule has 56 valence electrons. The van der Waals surface area contributed by atoms with Crippen LogP contribution in [0.3, 0.4) is 0 Å². The zero-order valence-electron chi connectivity index (χ0n) is 5.41. The van der Waals surface area contributed by atoms with Gasteiger partial charge in [0.2, 0.25) is 5.91 Å². The molecule has 2 aliphatic rings. The molecule has 4 heteroatoms. The molecule has 0 aromatic carbocycles. The lowest BCUT2D eigenvalue weighted by atomic mass is 10.2. The normalized spacial score (nSPS) is 28.6. The highest BCUT2D eigenvalue weighted by atomic mass is 32.2. The Balaban J connectivity index is 0.000000500. The summed E-state index contributed by atoms with van der Waals surface area (Å²) in [6.45, 7) is 0. The molecular weight excluding hydrogens is 166 g/mol. The van der Waals surface area contributed by atoms with Crippen LogP contribution in [0, 0.1) is 0 Å². The van der Waals surface area contributed by atoms with E-state index in [2.05, 4.69) is 0 Å². The Labute approximate surface area is 71.1 Å². The number of thioether (sulfide) groups is 1. The number of carbonyl (C=O) groups excluding carboxylic acids is 1. The smallest absolute Gasteiger partial charge is 0.230 e. The Morgan fingerprint density at radius 1 is 1.70 bits per heavy atom. The number of amides is 1. The summed E-state index contributed by atoms with van der Waals surface area (Å²) in [6.07, 6.45) is 4.67. The van der Waals surface area contributed by atoms with E-state index in [4.69, 9.17) is 0 Å². The van der Waals surface area contributed by atoms with Crippen LogP contribution in [-0.2, 0) is 4.79 Å². The molecule has 0 N–H and O–H groups in total. The van der Waals surface area contributed by atoms with Crippen molar-refractivity contribution in [2.45, 2.75) is 11.8 Å². The van der Waals surface area contributed by atoms with Crippen molar-refractivity contribution in [2.24, 2.45) is 0 Å². The minimum Gasteiger partial charge on any atom is -0.306 e. The first-order chi connectivity index (χ1) is 4.38. The van der Waals surface area contributed by atoms with E-state index >= 15 is 0 Å². The first-order valence-corrected chi connectivity index (χ1v) is 4.02. The lowest BCUT2D eigenvalue weighted by Gasteiger charge is -2.39. The molecule has 0 spiro atoms. The fourth-order valence-electron chi connectivity index (χ4n) is 1.04. The van der Waals surface area contributed by atoms with Gasteiger partial charge < -0.3 is 4.90 Å². The SMILES string of the molecule is O=C1C[C@H]2SCC=CN12.S. The summed E-state index contributed by atoms with van der Waals surface area (Å²) in [6, 6.07) is 0. The third-order valence-corrected chi connectivity index (χ3v) is 2.76. The van der Waals surface area contributed by atoms with Crippen molar-refractivity contribution in [1.82, 2.24) is 4.90 Å². The second-order valence-corrected chi connectivity index (χ2v) is 3.39. The standard InChI is InChI=1S/C6H7NOS.H2S/c8-5-4-6-7(5)2-1-3-9-6;/h1-2,6H,3-4H2;1H2/t6-;/m1./s1. The zero-order valence-corrected chi connectivity index (χ0v) is 7.23. The monoisotopic (exact) mass is 175 g/mol. The number of β-lactam (4-membered cyclic amide) rings is 1. The number of nitrogens with zero attached hydrogens (tertiary/aromatic N) is 1. The lowest BCUT2D eigenvalue weighted by Crippen LogP contribution is -2.48. The van der Waals surface area contributed by atoms with Crippen molar-refractivity contribution < 1.29 is 4.79 Å². The maximum atomic E-state index is 10.7. The van der Waals surface area contributed by atoms with Gasteiger partial charge in [0, 0.05) is 12.0 Å². The van der Waals surface area contributed by atoms with Crippen molar-refractivity contribution >= 4 is 31.2 Å². The van der Waals surface area contributed by atoms with Gasteiger partial charge in [0.25, 0.3) is 0 Å². The molecule has 0 saturated carbocycles. The predicted octanol–water partition coefficient (Wildman–Crippen LogP) is 0.918. The van der Waals surface area contributed by atoms with Crippen LogP contribution in [0.25, 0.3) is 0 Å². The van der Waals surface area contributed by atoms with Gasteiger partial charge >= 0.3 is 0 Å². The molecule has 0 radical (unpaired) electrons. The summed E-state index contributed by atoms with van der Waals surface area (Å²) in [5.74, 6) is 1.33. The Hall–Kier alpha value is -0.0900. The van der Waals surface area contributed by atoms with Gasteiger partial charge in [-0.1, -0.05) is 6.08 Å². The molecule has 2 nitrogen and oxygen atoms in total. The van der Waals surface area contributed by atoms with E-state index in [-0.39, 0.29) is 19.4 Å². The summed E-state index contributed by atoms with van der Waals surface area (Å²) in [5, 5.41) is 0.475. The van der Waals surface area contributed by atoms with Crippen molar-refractivity contribution in [1.29, 1.82) is 0 Å². The summed E-state index contributed by atoms with van der Waals surface area (Å²) in [7, 11) is 0. The van der Waals surface area contributed by atoms with Crippen molar-refractivity contribution in [3.63, 3.8) is 0 Å². The van der Waals surface area contributed by atoms with Crippen LogP contribution in [0.4, 0.5) is 0 Å². The highest BCUT2D eigenvalue weighted by Crippen LogP contribution is 2.32. The van der Waals surface area contributed by atoms with Crippen LogP contribution >= 0.6 is 25.3 Å². The van der Waals surface area contributed by atoms with Crippen LogP contribution in [0.2, 0.25) is 0 Å². The summed E-state index contributed by atoms with van der Waals surface area (Å²) in [4.78, 5) is 12.5. The average molecular weight is 175 g/mol. The zero-order chi connectivity index (χ0) is 6.27. The minimum absolute atomic E-state index is 0. The summed E-state index contributed by atoms with van der Waals surface area (Å²) >= 11 is 1.84. The van der Waals surface area contributed by atoms with Crippen LogP contribution < -0.4 is 0 Å². The van der Waals surface area contributed by atoms with Gasteiger partial charge in [-0.3, -0.25) is 4.79 Å². The van der Waals surface area contributed by atoms with Gasteiger partial charge in [-0.05, 0) is 0 Å². The Morgan fingerprint density at radius 2 is 2.50 bits per heavy atom. The summed E-state index contributed by atoms with van der Waals surface area (Å²) in [5.41, 5.74) is 0. The van der Waals surface area contributed by atoms with E-state index in [1.54, 1.807) is 4.90 Å². The van der Waals surface area contributed by atoms with Gasteiger partial charge in [-0.2, -0.15) is 13.5 Å². The molecule has 1 fully saturated rings. The second-order valence-electron chi connectivity index (χ2n) is 2.18. The molecule has 0 bridgehead atoms. The molecule has 1 atom stereocenters. The second kappa shape index (κ2) is 2.88. The molecule has 1 amide bonds. The highest BCUT2D eigenvalue weighted by Gasteiger charge is 2.35. The Morgan fingerprint density at radius 3 is 3.00 bits per heavy atom. The van der Waals surface area contributed by atoms with E-state index in [0.29, 0.717) is 5.37 Å². The first-order valence-electron chi connectivity index (χ1n) is 2.97. The van der Waals surface area contributed by atoms with Crippen molar-refractivity contribution in [3.05, 3.63) is 12.3 Å². The number of hydrogen-bond donors (Lipinski definition) is 0. The largest absolute Gasteiger partial charge is 0.306 e. The number of fused-ring (bicyclic) bond motifs is 1. The van der Waals surface area contributed by atoms with Crippen LogP contribution in [-0.4, -0.2) is 21.9 Å². The molecule has 0 aromatic rings. The van der Waals surface area contributed by atoms with E-state index in [9.17, 15) is 4.79 Å². The van der Waals surface area contributed by atoms with Crippen LogP contribution in [0.15, 0.2) is 12.3 Å². The van der Waals surface area contributed by atoms with Gasteiger partial charge in [-0.15, -0.1) is 11.8 Å². The molecule has 0 aromatic heterocycles. The lowest BCUT2D eigenvalue weighted by molar-refractivity contribution is -0.137. The average Bonchev–Trinajstić information content (AvgIpc) is 1.86. The van der Waals surface area contributed by atoms with Crippen molar-refractivity contribution in [3.8, 4) is 0 Å². The topological polar surface area (TPSA) is 20.3 Å². The third kappa shape index (κ3) is 1.06. The molecule has 2 aliphatic heterocycles. The minimum atomic E-state index is 0. The fourth-order valence-corrected chi connectivity index (χ4v) is 2.07. The van der Waals surface area contributed by atoms with Crippen LogP contribution in [0.1, 0.15) is 6.42 Å².